The maximum absolute atomic E-state index is 13.4. The first-order valence-corrected chi connectivity index (χ1v) is 10.9. The first-order valence-electron chi connectivity index (χ1n) is 10.9. The lowest BCUT2D eigenvalue weighted by atomic mass is 10.0. The Morgan fingerprint density at radius 3 is 2.44 bits per heavy atom. The number of carbonyl (C=O) groups is 2. The molecule has 6 nitrogen and oxygen atoms in total. The number of ketones is 1. The summed E-state index contributed by atoms with van der Waals surface area (Å²) in [5.41, 5.74) is 1.23. The molecule has 0 aliphatic carbocycles. The van der Waals surface area contributed by atoms with Crippen LogP contribution in [0.3, 0.4) is 0 Å². The molecule has 0 unspecified atom stereocenters. The van der Waals surface area contributed by atoms with E-state index in [9.17, 15) is 18.4 Å². The van der Waals surface area contributed by atoms with Gasteiger partial charge in [0.05, 0.1) is 0 Å². The van der Waals surface area contributed by atoms with Crippen molar-refractivity contribution in [2.45, 2.75) is 38.3 Å². The Morgan fingerprint density at radius 2 is 1.69 bits per heavy atom. The van der Waals surface area contributed by atoms with Gasteiger partial charge in [0, 0.05) is 44.1 Å². The third kappa shape index (κ3) is 5.62. The lowest BCUT2D eigenvalue weighted by Crippen LogP contribution is -2.44. The molecule has 8 heteroatoms. The second-order valence-corrected chi connectivity index (χ2v) is 8.15. The Balaban J connectivity index is 1.19. The van der Waals surface area contributed by atoms with Gasteiger partial charge < -0.3 is 14.8 Å². The van der Waals surface area contributed by atoms with Crippen molar-refractivity contribution in [3.05, 3.63) is 59.2 Å². The molecule has 2 aromatic rings. The summed E-state index contributed by atoms with van der Waals surface area (Å²) in [6.07, 6.45) is 1.79. The largest absolute Gasteiger partial charge is 0.486 e. The Hall–Kier alpha value is -3.00. The summed E-state index contributed by atoms with van der Waals surface area (Å²) in [5.74, 6) is -0.755. The molecule has 1 saturated heterocycles. The van der Waals surface area contributed by atoms with Gasteiger partial charge in [0.15, 0.2) is 28.9 Å². The van der Waals surface area contributed by atoms with E-state index in [1.165, 1.54) is 6.07 Å². The van der Waals surface area contributed by atoms with Crippen molar-refractivity contribution in [3.8, 4) is 11.5 Å². The highest BCUT2D eigenvalue weighted by molar-refractivity contribution is 5.98. The number of hydrogen-bond donors (Lipinski definition) is 1. The highest BCUT2D eigenvalue weighted by atomic mass is 19.2. The lowest BCUT2D eigenvalue weighted by molar-refractivity contribution is -0.122. The summed E-state index contributed by atoms with van der Waals surface area (Å²) in [6, 6.07) is 9.08. The van der Waals surface area contributed by atoms with Gasteiger partial charge in [-0.2, -0.15) is 0 Å². The average Bonchev–Trinajstić information content (AvgIpc) is 2.81. The Bertz CT molecular complexity index is 990. The molecule has 0 atom stereocenters. The molecule has 170 valence electrons. The van der Waals surface area contributed by atoms with Gasteiger partial charge in [-0.05, 0) is 48.7 Å². The SMILES string of the molecule is O=C(CCC(=O)c1ccc2c(c1)OCCO2)NC1CCN(Cc2ccc(F)c(F)c2)CC1. The summed E-state index contributed by atoms with van der Waals surface area (Å²) in [6.45, 7) is 2.98. The number of Topliss-reactive ketones (excluding diaryl/α,β-unsaturated/α-hetero) is 1. The van der Waals surface area contributed by atoms with Gasteiger partial charge in [0.25, 0.3) is 0 Å². The number of benzene rings is 2. The average molecular weight is 444 g/mol. The van der Waals surface area contributed by atoms with Crippen molar-refractivity contribution in [2.24, 2.45) is 0 Å². The summed E-state index contributed by atoms with van der Waals surface area (Å²) in [5, 5.41) is 3.00. The number of nitrogens with zero attached hydrogens (tertiary/aromatic N) is 1. The lowest BCUT2D eigenvalue weighted by Gasteiger charge is -2.32. The van der Waals surface area contributed by atoms with Crippen molar-refractivity contribution in [1.82, 2.24) is 10.2 Å². The van der Waals surface area contributed by atoms with Gasteiger partial charge in [-0.1, -0.05) is 6.07 Å². The summed E-state index contributed by atoms with van der Waals surface area (Å²) < 4.78 is 37.4. The number of fused-ring (bicyclic) bond motifs is 1. The topological polar surface area (TPSA) is 67.9 Å². The molecule has 2 aliphatic rings. The fourth-order valence-corrected chi connectivity index (χ4v) is 4.02. The van der Waals surface area contributed by atoms with E-state index in [1.54, 1.807) is 24.3 Å². The fraction of sp³-hybridized carbons (Fsp3) is 0.417. The van der Waals surface area contributed by atoms with Gasteiger partial charge >= 0.3 is 0 Å². The molecular formula is C24H26F2N2O4. The molecular weight excluding hydrogens is 418 g/mol. The quantitative estimate of drug-likeness (QED) is 0.663. The third-order valence-corrected chi connectivity index (χ3v) is 5.79. The summed E-state index contributed by atoms with van der Waals surface area (Å²) in [4.78, 5) is 26.9. The molecule has 2 aliphatic heterocycles. The van der Waals surface area contributed by atoms with Crippen molar-refractivity contribution < 1.29 is 27.8 Å². The summed E-state index contributed by atoms with van der Waals surface area (Å²) in [7, 11) is 0. The fourth-order valence-electron chi connectivity index (χ4n) is 4.02. The van der Waals surface area contributed by atoms with Gasteiger partial charge in [0.2, 0.25) is 5.91 Å². The number of piperidine rings is 1. The summed E-state index contributed by atoms with van der Waals surface area (Å²) >= 11 is 0. The van der Waals surface area contributed by atoms with Crippen LogP contribution in [0.2, 0.25) is 0 Å². The van der Waals surface area contributed by atoms with E-state index < -0.39 is 11.6 Å². The zero-order valence-electron chi connectivity index (χ0n) is 17.7. The minimum absolute atomic E-state index is 0.0492. The van der Waals surface area contributed by atoms with Crippen molar-refractivity contribution >= 4 is 11.7 Å². The van der Waals surface area contributed by atoms with Gasteiger partial charge in [-0.25, -0.2) is 8.78 Å². The van der Waals surface area contributed by atoms with Gasteiger partial charge in [-0.15, -0.1) is 0 Å². The molecule has 0 bridgehead atoms. The highest BCUT2D eigenvalue weighted by Crippen LogP contribution is 2.31. The Morgan fingerprint density at radius 1 is 0.938 bits per heavy atom. The van der Waals surface area contributed by atoms with Gasteiger partial charge in [-0.3, -0.25) is 14.5 Å². The number of ether oxygens (including phenoxy) is 2. The molecule has 0 radical (unpaired) electrons. The van der Waals surface area contributed by atoms with E-state index in [0.717, 1.165) is 37.6 Å². The number of rotatable bonds is 7. The number of amides is 1. The van der Waals surface area contributed by atoms with Crippen LogP contribution in [0.15, 0.2) is 36.4 Å². The van der Waals surface area contributed by atoms with Crippen LogP contribution < -0.4 is 14.8 Å². The van der Waals surface area contributed by atoms with Crippen molar-refractivity contribution in [3.63, 3.8) is 0 Å². The third-order valence-electron chi connectivity index (χ3n) is 5.79. The zero-order valence-corrected chi connectivity index (χ0v) is 17.7. The monoisotopic (exact) mass is 444 g/mol. The molecule has 4 rings (SSSR count). The Labute approximate surface area is 185 Å². The number of halogens is 2. The number of carbonyl (C=O) groups excluding carboxylic acids is 2. The van der Waals surface area contributed by atoms with Crippen LogP contribution in [-0.4, -0.2) is 48.9 Å². The normalized spacial score (nSPS) is 16.6. The molecule has 0 aromatic heterocycles. The smallest absolute Gasteiger partial charge is 0.220 e. The van der Waals surface area contributed by atoms with Crippen LogP contribution in [0.1, 0.15) is 41.6 Å². The second-order valence-electron chi connectivity index (χ2n) is 8.15. The van der Waals surface area contributed by atoms with Crippen molar-refractivity contribution in [1.29, 1.82) is 0 Å². The standard InChI is InChI=1S/C24H26F2N2O4/c25-19-3-1-16(13-20(19)26)15-28-9-7-18(8-10-28)27-24(30)6-4-21(29)17-2-5-22-23(14-17)32-12-11-31-22/h1-3,5,13-14,18H,4,6-12,15H2,(H,27,30). The van der Waals surface area contributed by atoms with E-state index in [-0.39, 0.29) is 30.6 Å². The van der Waals surface area contributed by atoms with E-state index in [0.29, 0.717) is 36.8 Å². The molecule has 32 heavy (non-hydrogen) atoms. The van der Waals surface area contributed by atoms with Crippen LogP contribution >= 0.6 is 0 Å². The van der Waals surface area contributed by atoms with E-state index in [2.05, 4.69) is 10.2 Å². The maximum Gasteiger partial charge on any atom is 0.220 e. The minimum atomic E-state index is -0.845. The predicted molar refractivity (Wildman–Crippen MR) is 114 cm³/mol. The zero-order chi connectivity index (χ0) is 22.5. The first kappa shape index (κ1) is 22.2. The number of nitrogens with one attached hydrogen (secondary N) is 1. The van der Waals surface area contributed by atoms with E-state index in [1.807, 2.05) is 0 Å². The van der Waals surface area contributed by atoms with Crippen molar-refractivity contribution in [2.75, 3.05) is 26.3 Å². The predicted octanol–water partition coefficient (Wildman–Crippen LogP) is 3.48. The van der Waals surface area contributed by atoms with Gasteiger partial charge in [0.1, 0.15) is 13.2 Å². The van der Waals surface area contributed by atoms with E-state index in [4.69, 9.17) is 9.47 Å². The Kier molecular flexibility index (Phi) is 6.99. The van der Waals surface area contributed by atoms with E-state index >= 15 is 0 Å². The van der Waals surface area contributed by atoms with Crippen LogP contribution in [-0.2, 0) is 11.3 Å². The second kappa shape index (κ2) is 10.1. The van der Waals surface area contributed by atoms with Crippen LogP contribution in [0, 0.1) is 11.6 Å². The molecule has 1 amide bonds. The molecule has 2 heterocycles. The minimum Gasteiger partial charge on any atom is -0.486 e. The molecule has 2 aromatic carbocycles. The highest BCUT2D eigenvalue weighted by Gasteiger charge is 2.22. The number of likely N-dealkylation sites (tertiary alicyclic amines) is 1. The maximum atomic E-state index is 13.4. The number of hydrogen-bond acceptors (Lipinski definition) is 5. The van der Waals surface area contributed by atoms with Crippen LogP contribution in [0.5, 0.6) is 11.5 Å². The van der Waals surface area contributed by atoms with Crippen LogP contribution in [0.25, 0.3) is 0 Å². The molecule has 1 N–H and O–H groups in total. The molecule has 1 fully saturated rings. The molecule has 0 spiro atoms. The first-order chi connectivity index (χ1) is 15.5. The molecule has 0 saturated carbocycles. The van der Waals surface area contributed by atoms with Crippen LogP contribution in [0.4, 0.5) is 8.78 Å².